The first kappa shape index (κ1) is 19.9. The molecule has 120 valence electrons. The highest BCUT2D eigenvalue weighted by atomic mass is 127. The molecule has 20 heavy (non-hydrogen) atoms. The highest BCUT2D eigenvalue weighted by Gasteiger charge is 2.09. The van der Waals surface area contributed by atoms with Crippen molar-refractivity contribution in [2.75, 3.05) is 52.5 Å². The number of hydrogen-bond acceptors (Lipinski definition) is 3. The lowest BCUT2D eigenvalue weighted by Gasteiger charge is -2.26. The van der Waals surface area contributed by atoms with Gasteiger partial charge in [-0.2, -0.15) is 0 Å². The second kappa shape index (κ2) is 12.6. The van der Waals surface area contributed by atoms with Crippen molar-refractivity contribution in [3.05, 3.63) is 0 Å². The van der Waals surface area contributed by atoms with E-state index < -0.39 is 0 Å². The molecule has 1 aliphatic rings. The molecule has 1 rings (SSSR count). The fourth-order valence-electron chi connectivity index (χ4n) is 1.95. The van der Waals surface area contributed by atoms with Crippen LogP contribution in [0.15, 0.2) is 4.99 Å². The van der Waals surface area contributed by atoms with Crippen LogP contribution >= 0.6 is 24.0 Å². The maximum atomic E-state index is 5.34. The summed E-state index contributed by atoms with van der Waals surface area (Å²) < 4.78 is 5.34. The van der Waals surface area contributed by atoms with Crippen molar-refractivity contribution in [1.82, 2.24) is 15.5 Å². The molecular formula is C14H31IN4O. The molecular weight excluding hydrogens is 367 g/mol. The second-order valence-corrected chi connectivity index (χ2v) is 5.35. The topological polar surface area (TPSA) is 48.9 Å². The molecule has 0 unspecified atom stereocenters. The molecule has 0 aromatic rings. The van der Waals surface area contributed by atoms with Crippen LogP contribution < -0.4 is 10.6 Å². The third-order valence-corrected chi connectivity index (χ3v) is 3.01. The molecule has 0 radical (unpaired) electrons. The van der Waals surface area contributed by atoms with E-state index in [1.54, 1.807) is 0 Å². The summed E-state index contributed by atoms with van der Waals surface area (Å²) in [6.07, 6.45) is 1.14. The summed E-state index contributed by atoms with van der Waals surface area (Å²) >= 11 is 0. The number of aliphatic imine (C=N–C) groups is 1. The Hall–Kier alpha value is -0.0800. The molecule has 0 aromatic carbocycles. The molecule has 2 N–H and O–H groups in total. The molecule has 1 aliphatic heterocycles. The van der Waals surface area contributed by atoms with E-state index in [1.807, 2.05) is 0 Å². The zero-order chi connectivity index (χ0) is 13.9. The van der Waals surface area contributed by atoms with E-state index in [0.29, 0.717) is 5.92 Å². The average Bonchev–Trinajstić information content (AvgIpc) is 2.41. The Labute approximate surface area is 140 Å². The van der Waals surface area contributed by atoms with Crippen molar-refractivity contribution in [2.24, 2.45) is 10.9 Å². The van der Waals surface area contributed by atoms with E-state index in [2.05, 4.69) is 41.3 Å². The smallest absolute Gasteiger partial charge is 0.191 e. The van der Waals surface area contributed by atoms with Crippen LogP contribution in [-0.4, -0.2) is 63.3 Å². The highest BCUT2D eigenvalue weighted by molar-refractivity contribution is 14.0. The maximum absolute atomic E-state index is 5.34. The molecule has 0 saturated carbocycles. The van der Waals surface area contributed by atoms with Gasteiger partial charge >= 0.3 is 0 Å². The number of ether oxygens (including phenoxy) is 1. The highest BCUT2D eigenvalue weighted by Crippen LogP contribution is 1.97. The lowest BCUT2D eigenvalue weighted by molar-refractivity contribution is 0.0376. The van der Waals surface area contributed by atoms with Gasteiger partial charge in [0.15, 0.2) is 5.96 Å². The van der Waals surface area contributed by atoms with Crippen LogP contribution in [0.3, 0.4) is 0 Å². The summed E-state index contributed by atoms with van der Waals surface area (Å²) in [7, 11) is 0. The molecule has 0 atom stereocenters. The summed E-state index contributed by atoms with van der Waals surface area (Å²) in [5.74, 6) is 1.54. The fraction of sp³-hybridized carbons (Fsp3) is 0.929. The molecule has 1 fully saturated rings. The quantitative estimate of drug-likeness (QED) is 0.296. The third-order valence-electron chi connectivity index (χ3n) is 3.01. The molecule has 0 aliphatic carbocycles. The van der Waals surface area contributed by atoms with Gasteiger partial charge in [-0.3, -0.25) is 9.89 Å². The normalized spacial score (nSPS) is 16.9. The van der Waals surface area contributed by atoms with Gasteiger partial charge in [-0.05, 0) is 25.8 Å². The fourth-order valence-corrected chi connectivity index (χ4v) is 1.95. The van der Waals surface area contributed by atoms with Crippen LogP contribution in [0.5, 0.6) is 0 Å². The van der Waals surface area contributed by atoms with Crippen LogP contribution in [0.1, 0.15) is 27.2 Å². The van der Waals surface area contributed by atoms with E-state index in [9.17, 15) is 0 Å². The first-order valence-corrected chi connectivity index (χ1v) is 7.54. The standard InChI is InChI=1S/C14H30N4O.HI/c1-4-15-14(17-12-13(2)3)16-6-5-7-18-8-10-19-11-9-18;/h13H,4-12H2,1-3H3,(H2,15,16,17);1H. The van der Waals surface area contributed by atoms with Crippen molar-refractivity contribution in [2.45, 2.75) is 27.2 Å². The van der Waals surface area contributed by atoms with Crippen LogP contribution in [0.4, 0.5) is 0 Å². The monoisotopic (exact) mass is 398 g/mol. The number of halogens is 1. The van der Waals surface area contributed by atoms with E-state index in [0.717, 1.165) is 64.9 Å². The largest absolute Gasteiger partial charge is 0.379 e. The van der Waals surface area contributed by atoms with Crippen LogP contribution in [0, 0.1) is 5.92 Å². The van der Waals surface area contributed by atoms with E-state index in [1.165, 1.54) is 0 Å². The lowest BCUT2D eigenvalue weighted by Crippen LogP contribution is -2.40. The number of morpholine rings is 1. The van der Waals surface area contributed by atoms with E-state index in [4.69, 9.17) is 4.74 Å². The molecule has 0 spiro atoms. The SMILES string of the molecule is CCNC(=NCC(C)C)NCCCN1CCOCC1.I. The Morgan fingerprint density at radius 3 is 2.55 bits per heavy atom. The predicted octanol–water partition coefficient (Wildman–Crippen LogP) is 1.54. The molecule has 0 aromatic heterocycles. The van der Waals surface area contributed by atoms with E-state index in [-0.39, 0.29) is 24.0 Å². The molecule has 6 heteroatoms. The van der Waals surface area contributed by atoms with Gasteiger partial charge in [-0.25, -0.2) is 0 Å². The Balaban J connectivity index is 0.00000361. The first-order valence-electron chi connectivity index (χ1n) is 7.54. The Bertz CT molecular complexity index is 256. The Morgan fingerprint density at radius 1 is 1.25 bits per heavy atom. The van der Waals surface area contributed by atoms with Gasteiger partial charge in [0.25, 0.3) is 0 Å². The summed E-state index contributed by atoms with van der Waals surface area (Å²) in [6.45, 7) is 14.3. The van der Waals surface area contributed by atoms with Crippen molar-refractivity contribution in [3.63, 3.8) is 0 Å². The minimum absolute atomic E-state index is 0. The van der Waals surface area contributed by atoms with Crippen molar-refractivity contribution in [1.29, 1.82) is 0 Å². The Morgan fingerprint density at radius 2 is 1.95 bits per heavy atom. The zero-order valence-corrected chi connectivity index (χ0v) is 15.5. The van der Waals surface area contributed by atoms with Gasteiger partial charge in [0, 0.05) is 32.7 Å². The number of nitrogens with zero attached hydrogens (tertiary/aromatic N) is 2. The third kappa shape index (κ3) is 9.77. The second-order valence-electron chi connectivity index (χ2n) is 5.35. The summed E-state index contributed by atoms with van der Waals surface area (Å²) in [5, 5.41) is 6.68. The van der Waals surface area contributed by atoms with Gasteiger partial charge in [-0.1, -0.05) is 13.8 Å². The predicted molar refractivity (Wildman–Crippen MR) is 96.1 cm³/mol. The molecule has 0 amide bonds. The van der Waals surface area contributed by atoms with Crippen molar-refractivity contribution < 1.29 is 4.74 Å². The zero-order valence-electron chi connectivity index (χ0n) is 13.2. The molecule has 1 heterocycles. The average molecular weight is 398 g/mol. The van der Waals surface area contributed by atoms with Crippen molar-refractivity contribution >= 4 is 29.9 Å². The first-order chi connectivity index (χ1) is 9.22. The number of rotatable bonds is 7. The van der Waals surface area contributed by atoms with Crippen LogP contribution in [-0.2, 0) is 4.74 Å². The summed E-state index contributed by atoms with van der Waals surface area (Å²) in [5.41, 5.74) is 0. The van der Waals surface area contributed by atoms with Crippen LogP contribution in [0.25, 0.3) is 0 Å². The maximum Gasteiger partial charge on any atom is 0.191 e. The van der Waals surface area contributed by atoms with Gasteiger partial charge in [-0.15, -0.1) is 24.0 Å². The van der Waals surface area contributed by atoms with Crippen molar-refractivity contribution in [3.8, 4) is 0 Å². The van der Waals surface area contributed by atoms with Gasteiger partial charge in [0.2, 0.25) is 0 Å². The van der Waals surface area contributed by atoms with Gasteiger partial charge < -0.3 is 15.4 Å². The number of hydrogen-bond donors (Lipinski definition) is 2. The molecule has 0 bridgehead atoms. The molecule has 1 saturated heterocycles. The van der Waals surface area contributed by atoms with E-state index >= 15 is 0 Å². The summed E-state index contributed by atoms with van der Waals surface area (Å²) in [4.78, 5) is 7.02. The van der Waals surface area contributed by atoms with Crippen LogP contribution in [0.2, 0.25) is 0 Å². The molecule has 5 nitrogen and oxygen atoms in total. The number of nitrogens with one attached hydrogen (secondary N) is 2. The van der Waals surface area contributed by atoms with Gasteiger partial charge in [0.1, 0.15) is 0 Å². The minimum Gasteiger partial charge on any atom is -0.379 e. The summed E-state index contributed by atoms with van der Waals surface area (Å²) in [6, 6.07) is 0. The number of guanidine groups is 1. The van der Waals surface area contributed by atoms with Gasteiger partial charge in [0.05, 0.1) is 13.2 Å². The Kier molecular flexibility index (Phi) is 12.6. The lowest BCUT2D eigenvalue weighted by atomic mass is 10.2. The minimum atomic E-state index is 0.